The predicted octanol–water partition coefficient (Wildman–Crippen LogP) is 2.18. The predicted molar refractivity (Wildman–Crippen MR) is 53.7 cm³/mol. The number of ether oxygens (including phenoxy) is 2. The number of Topliss-reactive ketones (excluding diaryl/α,β-unsaturated/α-hetero) is 1. The highest BCUT2D eigenvalue weighted by Crippen LogP contribution is 2.23. The molecule has 0 aromatic heterocycles. The van der Waals surface area contributed by atoms with Gasteiger partial charge in [-0.15, -0.1) is 0 Å². The molecule has 0 aliphatic heterocycles. The van der Waals surface area contributed by atoms with E-state index < -0.39 is 5.82 Å². The minimum atomic E-state index is -0.539. The zero-order chi connectivity index (χ0) is 11.4. The maximum Gasteiger partial charge on any atom is 0.165 e. The van der Waals surface area contributed by atoms with Gasteiger partial charge in [0, 0.05) is 12.7 Å². The SMILES string of the molecule is COCc1cc(OC)c(F)cc1C(C)=O. The topological polar surface area (TPSA) is 35.5 Å². The molecule has 1 rings (SSSR count). The van der Waals surface area contributed by atoms with Gasteiger partial charge in [0.15, 0.2) is 17.3 Å². The molecule has 0 aliphatic rings. The number of hydrogen-bond acceptors (Lipinski definition) is 3. The lowest BCUT2D eigenvalue weighted by atomic mass is 10.0. The summed E-state index contributed by atoms with van der Waals surface area (Å²) >= 11 is 0. The van der Waals surface area contributed by atoms with Gasteiger partial charge in [0.25, 0.3) is 0 Å². The molecule has 0 saturated carbocycles. The van der Waals surface area contributed by atoms with E-state index in [1.54, 1.807) is 0 Å². The number of methoxy groups -OCH3 is 2. The summed E-state index contributed by atoms with van der Waals surface area (Å²) in [6, 6.07) is 2.66. The molecular formula is C11H13FO3. The Labute approximate surface area is 87.8 Å². The molecule has 0 aliphatic carbocycles. The van der Waals surface area contributed by atoms with Gasteiger partial charge in [-0.25, -0.2) is 4.39 Å². The van der Waals surface area contributed by atoms with Gasteiger partial charge in [-0.3, -0.25) is 4.79 Å². The second kappa shape index (κ2) is 4.89. The molecule has 0 saturated heterocycles. The van der Waals surface area contributed by atoms with Crippen molar-refractivity contribution < 1.29 is 18.7 Å². The largest absolute Gasteiger partial charge is 0.494 e. The van der Waals surface area contributed by atoms with Crippen LogP contribution in [0.5, 0.6) is 5.75 Å². The van der Waals surface area contributed by atoms with Gasteiger partial charge in [0.05, 0.1) is 13.7 Å². The van der Waals surface area contributed by atoms with Crippen molar-refractivity contribution in [2.45, 2.75) is 13.5 Å². The van der Waals surface area contributed by atoms with Crippen molar-refractivity contribution in [1.29, 1.82) is 0 Å². The van der Waals surface area contributed by atoms with E-state index in [9.17, 15) is 9.18 Å². The van der Waals surface area contributed by atoms with Gasteiger partial charge in [-0.2, -0.15) is 0 Å². The van der Waals surface area contributed by atoms with Crippen LogP contribution in [-0.4, -0.2) is 20.0 Å². The zero-order valence-electron chi connectivity index (χ0n) is 8.96. The lowest BCUT2D eigenvalue weighted by Crippen LogP contribution is -2.03. The first-order chi connectivity index (χ1) is 7.10. The summed E-state index contributed by atoms with van der Waals surface area (Å²) in [5.74, 6) is -0.613. The van der Waals surface area contributed by atoms with E-state index >= 15 is 0 Å². The van der Waals surface area contributed by atoms with Crippen LogP contribution in [0.15, 0.2) is 12.1 Å². The van der Waals surface area contributed by atoms with Crippen LogP contribution in [0.2, 0.25) is 0 Å². The quantitative estimate of drug-likeness (QED) is 0.717. The molecular weight excluding hydrogens is 199 g/mol. The van der Waals surface area contributed by atoms with Gasteiger partial charge in [0.2, 0.25) is 0 Å². The highest BCUT2D eigenvalue weighted by molar-refractivity contribution is 5.95. The number of hydrogen-bond donors (Lipinski definition) is 0. The zero-order valence-corrected chi connectivity index (χ0v) is 8.96. The number of carbonyl (C=O) groups is 1. The molecule has 4 heteroatoms. The van der Waals surface area contributed by atoms with Crippen molar-refractivity contribution in [3.05, 3.63) is 29.1 Å². The van der Waals surface area contributed by atoms with Crippen molar-refractivity contribution in [3.63, 3.8) is 0 Å². The van der Waals surface area contributed by atoms with E-state index in [0.717, 1.165) is 0 Å². The first-order valence-corrected chi connectivity index (χ1v) is 4.46. The van der Waals surface area contributed by atoms with Crippen LogP contribution >= 0.6 is 0 Å². The minimum Gasteiger partial charge on any atom is -0.494 e. The van der Waals surface area contributed by atoms with Crippen LogP contribution in [0.3, 0.4) is 0 Å². The van der Waals surface area contributed by atoms with Crippen LogP contribution in [-0.2, 0) is 11.3 Å². The average Bonchev–Trinajstić information content (AvgIpc) is 2.20. The van der Waals surface area contributed by atoms with Crippen LogP contribution in [0.25, 0.3) is 0 Å². The molecule has 0 spiro atoms. The first kappa shape index (κ1) is 11.7. The minimum absolute atomic E-state index is 0.118. The van der Waals surface area contributed by atoms with Crippen molar-refractivity contribution in [1.82, 2.24) is 0 Å². The molecule has 1 aromatic rings. The van der Waals surface area contributed by atoms with Crippen LogP contribution in [0.4, 0.5) is 4.39 Å². The molecule has 0 N–H and O–H groups in total. The lowest BCUT2D eigenvalue weighted by molar-refractivity contribution is 0.101. The highest BCUT2D eigenvalue weighted by Gasteiger charge is 2.13. The molecule has 0 bridgehead atoms. The van der Waals surface area contributed by atoms with E-state index in [1.165, 1.54) is 33.3 Å². The third-order valence-corrected chi connectivity index (χ3v) is 2.06. The fourth-order valence-corrected chi connectivity index (χ4v) is 1.35. The molecule has 1 aromatic carbocycles. The number of benzene rings is 1. The molecule has 0 atom stereocenters. The van der Waals surface area contributed by atoms with Gasteiger partial charge in [0.1, 0.15) is 0 Å². The van der Waals surface area contributed by atoms with Gasteiger partial charge in [-0.05, 0) is 24.6 Å². The van der Waals surface area contributed by atoms with Crippen molar-refractivity contribution in [2.24, 2.45) is 0 Å². The first-order valence-electron chi connectivity index (χ1n) is 4.46. The molecule has 82 valence electrons. The molecule has 0 fully saturated rings. The van der Waals surface area contributed by atoms with E-state index in [2.05, 4.69) is 0 Å². The Hall–Kier alpha value is -1.42. The summed E-state index contributed by atoms with van der Waals surface area (Å²) in [5.41, 5.74) is 0.957. The fourth-order valence-electron chi connectivity index (χ4n) is 1.35. The Bertz CT molecular complexity index is 374. The average molecular weight is 212 g/mol. The third-order valence-electron chi connectivity index (χ3n) is 2.06. The van der Waals surface area contributed by atoms with Gasteiger partial charge < -0.3 is 9.47 Å². The number of carbonyl (C=O) groups excluding carboxylic acids is 1. The summed E-state index contributed by atoms with van der Waals surface area (Å²) in [4.78, 5) is 11.2. The molecule has 0 heterocycles. The molecule has 3 nitrogen and oxygen atoms in total. The molecule has 0 radical (unpaired) electrons. The van der Waals surface area contributed by atoms with Crippen molar-refractivity contribution in [2.75, 3.05) is 14.2 Å². The maximum atomic E-state index is 13.3. The van der Waals surface area contributed by atoms with E-state index in [4.69, 9.17) is 9.47 Å². The summed E-state index contributed by atoms with van der Waals surface area (Å²) in [6.45, 7) is 1.64. The summed E-state index contributed by atoms with van der Waals surface area (Å²) in [7, 11) is 2.89. The normalized spacial score (nSPS) is 10.1. The maximum absolute atomic E-state index is 13.3. The molecule has 0 unspecified atom stereocenters. The highest BCUT2D eigenvalue weighted by atomic mass is 19.1. The Kier molecular flexibility index (Phi) is 3.80. The van der Waals surface area contributed by atoms with E-state index in [0.29, 0.717) is 11.1 Å². The van der Waals surface area contributed by atoms with Crippen molar-refractivity contribution >= 4 is 5.78 Å². The van der Waals surface area contributed by atoms with Gasteiger partial charge in [-0.1, -0.05) is 0 Å². The van der Waals surface area contributed by atoms with E-state index in [-0.39, 0.29) is 18.1 Å². The number of rotatable bonds is 4. The number of halogens is 1. The lowest BCUT2D eigenvalue weighted by Gasteiger charge is -2.09. The third kappa shape index (κ3) is 2.53. The molecule has 0 amide bonds. The molecule has 15 heavy (non-hydrogen) atoms. The fraction of sp³-hybridized carbons (Fsp3) is 0.364. The Morgan fingerprint density at radius 1 is 1.40 bits per heavy atom. The Balaban J connectivity index is 3.25. The Morgan fingerprint density at radius 2 is 2.07 bits per heavy atom. The van der Waals surface area contributed by atoms with Crippen LogP contribution < -0.4 is 4.74 Å². The number of ketones is 1. The summed E-state index contributed by atoms with van der Waals surface area (Å²) < 4.78 is 23.1. The summed E-state index contributed by atoms with van der Waals surface area (Å²) in [5, 5.41) is 0. The van der Waals surface area contributed by atoms with Crippen LogP contribution in [0, 0.1) is 5.82 Å². The Morgan fingerprint density at radius 3 is 2.53 bits per heavy atom. The summed E-state index contributed by atoms with van der Waals surface area (Å²) in [6.07, 6.45) is 0. The van der Waals surface area contributed by atoms with Gasteiger partial charge >= 0.3 is 0 Å². The standard InChI is InChI=1S/C11H13FO3/c1-7(13)9-5-10(12)11(15-3)4-8(9)6-14-2/h4-5H,6H2,1-3H3. The monoisotopic (exact) mass is 212 g/mol. The second-order valence-corrected chi connectivity index (χ2v) is 3.13. The smallest absolute Gasteiger partial charge is 0.165 e. The van der Waals surface area contributed by atoms with Crippen LogP contribution in [0.1, 0.15) is 22.8 Å². The van der Waals surface area contributed by atoms with Crippen molar-refractivity contribution in [3.8, 4) is 5.75 Å². The van der Waals surface area contributed by atoms with E-state index in [1.807, 2.05) is 0 Å². The second-order valence-electron chi connectivity index (χ2n) is 3.13.